The number of fused-ring (bicyclic) bond motifs is 1. The molecular weight excluding hydrogens is 376 g/mol. The number of aryl methyl sites for hydroxylation is 1. The molecule has 0 saturated carbocycles. The van der Waals surface area contributed by atoms with Crippen LogP contribution in [0.25, 0.3) is 22.0 Å². The summed E-state index contributed by atoms with van der Waals surface area (Å²) >= 11 is 6.10. The molecule has 0 fully saturated rings. The topological polar surface area (TPSA) is 99.7 Å². The van der Waals surface area contributed by atoms with E-state index in [1.54, 1.807) is 18.6 Å². The van der Waals surface area contributed by atoms with Crippen molar-refractivity contribution < 1.29 is 4.74 Å². The third-order valence-electron chi connectivity index (χ3n) is 4.31. The van der Waals surface area contributed by atoms with E-state index in [2.05, 4.69) is 24.9 Å². The van der Waals surface area contributed by atoms with E-state index in [1.807, 2.05) is 38.1 Å². The number of nitrogen functional groups attached to an aromatic ring is 1. The van der Waals surface area contributed by atoms with Gasteiger partial charge in [-0.1, -0.05) is 11.6 Å². The predicted octanol–water partition coefficient (Wildman–Crippen LogP) is 4.17. The van der Waals surface area contributed by atoms with Gasteiger partial charge in [0.2, 0.25) is 0 Å². The van der Waals surface area contributed by atoms with E-state index in [4.69, 9.17) is 22.1 Å². The number of rotatable bonds is 4. The average molecular weight is 393 g/mol. The Balaban J connectivity index is 1.81. The van der Waals surface area contributed by atoms with Crippen molar-refractivity contribution in [3.63, 3.8) is 0 Å². The van der Waals surface area contributed by atoms with Crippen LogP contribution in [-0.2, 0) is 0 Å². The standard InChI is InChI=1S/C20H17ClN6O/c1-11(16-5-6-24-12(2)27-16)28-17-4-3-15(13-7-14(21)9-23-8-13)19-18(17)20(22)26-10-25-19/h3-11H,1-2H3,(H2,22,25,26)/t11-/m1/s1. The third-order valence-corrected chi connectivity index (χ3v) is 4.52. The minimum atomic E-state index is -0.303. The van der Waals surface area contributed by atoms with Gasteiger partial charge in [0, 0.05) is 29.7 Å². The van der Waals surface area contributed by atoms with E-state index in [9.17, 15) is 0 Å². The normalized spacial score (nSPS) is 12.1. The Morgan fingerprint density at radius 2 is 1.96 bits per heavy atom. The lowest BCUT2D eigenvalue weighted by molar-refractivity contribution is 0.224. The van der Waals surface area contributed by atoms with Crippen molar-refractivity contribution in [3.8, 4) is 16.9 Å². The number of nitrogens with zero attached hydrogens (tertiary/aromatic N) is 5. The zero-order valence-corrected chi connectivity index (χ0v) is 16.1. The van der Waals surface area contributed by atoms with Gasteiger partial charge in [0.1, 0.15) is 29.8 Å². The number of benzene rings is 1. The Hall–Kier alpha value is -3.32. The van der Waals surface area contributed by atoms with Gasteiger partial charge in [0.25, 0.3) is 0 Å². The number of anilines is 1. The van der Waals surface area contributed by atoms with Crippen LogP contribution < -0.4 is 10.5 Å². The Morgan fingerprint density at radius 1 is 1.11 bits per heavy atom. The van der Waals surface area contributed by atoms with Gasteiger partial charge in [-0.25, -0.2) is 19.9 Å². The fourth-order valence-corrected chi connectivity index (χ4v) is 3.18. The lowest BCUT2D eigenvalue weighted by atomic mass is 10.0. The number of aromatic nitrogens is 5. The van der Waals surface area contributed by atoms with Crippen molar-refractivity contribution in [2.24, 2.45) is 0 Å². The van der Waals surface area contributed by atoms with Crippen LogP contribution in [0.15, 0.2) is 49.2 Å². The highest BCUT2D eigenvalue weighted by molar-refractivity contribution is 6.30. The zero-order chi connectivity index (χ0) is 19.7. The van der Waals surface area contributed by atoms with E-state index in [-0.39, 0.29) is 6.10 Å². The van der Waals surface area contributed by atoms with E-state index in [1.165, 1.54) is 6.33 Å². The highest BCUT2D eigenvalue weighted by atomic mass is 35.5. The van der Waals surface area contributed by atoms with E-state index in [0.717, 1.165) is 16.8 Å². The van der Waals surface area contributed by atoms with Crippen molar-refractivity contribution in [2.45, 2.75) is 20.0 Å². The number of ether oxygens (including phenoxy) is 1. The zero-order valence-electron chi connectivity index (χ0n) is 15.3. The SMILES string of the molecule is Cc1nccc([C@@H](C)Oc2ccc(-c3cncc(Cl)c3)c3ncnc(N)c23)n1. The summed E-state index contributed by atoms with van der Waals surface area (Å²) in [6.45, 7) is 3.76. The first-order valence-electron chi connectivity index (χ1n) is 8.63. The highest BCUT2D eigenvalue weighted by Crippen LogP contribution is 2.37. The van der Waals surface area contributed by atoms with Gasteiger partial charge >= 0.3 is 0 Å². The molecular formula is C20H17ClN6O. The Bertz CT molecular complexity index is 1170. The first kappa shape index (κ1) is 18.1. The second kappa shape index (κ2) is 7.36. The molecule has 2 N–H and O–H groups in total. The number of hydrogen-bond donors (Lipinski definition) is 1. The third kappa shape index (κ3) is 3.44. The smallest absolute Gasteiger partial charge is 0.138 e. The predicted molar refractivity (Wildman–Crippen MR) is 108 cm³/mol. The number of hydrogen-bond acceptors (Lipinski definition) is 7. The molecule has 8 heteroatoms. The second-order valence-corrected chi connectivity index (χ2v) is 6.71. The lowest BCUT2D eigenvalue weighted by Crippen LogP contribution is -2.08. The summed E-state index contributed by atoms with van der Waals surface area (Å²) in [7, 11) is 0. The molecule has 7 nitrogen and oxygen atoms in total. The van der Waals surface area contributed by atoms with Crippen LogP contribution >= 0.6 is 11.6 Å². The van der Waals surface area contributed by atoms with Crippen LogP contribution in [0.5, 0.6) is 5.75 Å². The number of nitrogens with two attached hydrogens (primary N) is 1. The fraction of sp³-hybridized carbons (Fsp3) is 0.150. The van der Waals surface area contributed by atoms with Crippen molar-refractivity contribution >= 4 is 28.3 Å². The molecule has 0 spiro atoms. The van der Waals surface area contributed by atoms with Gasteiger partial charge in [-0.2, -0.15) is 0 Å². The van der Waals surface area contributed by atoms with Gasteiger partial charge in [-0.3, -0.25) is 4.98 Å². The van der Waals surface area contributed by atoms with Gasteiger partial charge in [0.15, 0.2) is 0 Å². The molecule has 1 atom stereocenters. The minimum Gasteiger partial charge on any atom is -0.484 e. The molecule has 0 saturated heterocycles. The molecule has 0 aliphatic rings. The van der Waals surface area contributed by atoms with E-state index < -0.39 is 0 Å². The van der Waals surface area contributed by atoms with Crippen molar-refractivity contribution in [1.82, 2.24) is 24.9 Å². The summed E-state index contributed by atoms with van der Waals surface area (Å²) in [5.41, 5.74) is 9.30. The maximum absolute atomic E-state index is 6.17. The Kier molecular flexibility index (Phi) is 4.75. The van der Waals surface area contributed by atoms with E-state index >= 15 is 0 Å². The van der Waals surface area contributed by atoms with Gasteiger partial charge < -0.3 is 10.5 Å². The van der Waals surface area contributed by atoms with Gasteiger partial charge in [0.05, 0.1) is 21.6 Å². The average Bonchev–Trinajstić information content (AvgIpc) is 2.68. The van der Waals surface area contributed by atoms with Crippen LogP contribution in [0.1, 0.15) is 24.5 Å². The quantitative estimate of drug-likeness (QED) is 0.556. The summed E-state index contributed by atoms with van der Waals surface area (Å²) in [4.78, 5) is 21.3. The van der Waals surface area contributed by atoms with Crippen LogP contribution in [0.4, 0.5) is 5.82 Å². The van der Waals surface area contributed by atoms with Crippen LogP contribution in [0.3, 0.4) is 0 Å². The second-order valence-electron chi connectivity index (χ2n) is 6.27. The molecule has 0 amide bonds. The summed E-state index contributed by atoms with van der Waals surface area (Å²) in [6.07, 6.45) is 6.15. The van der Waals surface area contributed by atoms with E-state index in [0.29, 0.717) is 33.3 Å². The van der Waals surface area contributed by atoms with Crippen LogP contribution in [0, 0.1) is 6.92 Å². The first-order valence-corrected chi connectivity index (χ1v) is 9.01. The molecule has 28 heavy (non-hydrogen) atoms. The molecule has 140 valence electrons. The van der Waals surface area contributed by atoms with Crippen molar-refractivity contribution in [3.05, 3.63) is 65.7 Å². The number of halogens is 1. The maximum atomic E-state index is 6.17. The minimum absolute atomic E-state index is 0.303. The summed E-state index contributed by atoms with van der Waals surface area (Å²) in [5, 5.41) is 1.18. The molecule has 0 radical (unpaired) electrons. The van der Waals surface area contributed by atoms with Crippen molar-refractivity contribution in [2.75, 3.05) is 5.73 Å². The molecule has 4 rings (SSSR count). The summed E-state index contributed by atoms with van der Waals surface area (Å²) in [6, 6.07) is 7.42. The van der Waals surface area contributed by atoms with Crippen LogP contribution in [-0.4, -0.2) is 24.9 Å². The summed E-state index contributed by atoms with van der Waals surface area (Å²) < 4.78 is 6.17. The molecule has 1 aromatic carbocycles. The first-order chi connectivity index (χ1) is 13.5. The molecule has 0 aliphatic carbocycles. The van der Waals surface area contributed by atoms with Gasteiger partial charge in [-0.15, -0.1) is 0 Å². The molecule has 0 aliphatic heterocycles. The Morgan fingerprint density at radius 3 is 2.75 bits per heavy atom. The molecule has 0 unspecified atom stereocenters. The highest BCUT2D eigenvalue weighted by Gasteiger charge is 2.17. The Labute approximate surface area is 166 Å². The molecule has 0 bridgehead atoms. The largest absolute Gasteiger partial charge is 0.484 e. The maximum Gasteiger partial charge on any atom is 0.138 e. The van der Waals surface area contributed by atoms with Crippen LogP contribution in [0.2, 0.25) is 5.02 Å². The monoisotopic (exact) mass is 392 g/mol. The lowest BCUT2D eigenvalue weighted by Gasteiger charge is -2.17. The van der Waals surface area contributed by atoms with Gasteiger partial charge in [-0.05, 0) is 38.1 Å². The fourth-order valence-electron chi connectivity index (χ4n) is 3.01. The molecule has 3 aromatic heterocycles. The molecule has 4 aromatic rings. The summed E-state index contributed by atoms with van der Waals surface area (Å²) in [5.74, 6) is 1.60. The molecule has 3 heterocycles. The number of pyridine rings is 1. The van der Waals surface area contributed by atoms with Crippen molar-refractivity contribution in [1.29, 1.82) is 0 Å².